The van der Waals surface area contributed by atoms with Crippen LogP contribution in [-0.2, 0) is 0 Å². The van der Waals surface area contributed by atoms with E-state index in [2.05, 4.69) is 33.9 Å². The molecule has 0 bridgehead atoms. The zero-order valence-corrected chi connectivity index (χ0v) is 76.6. The summed E-state index contributed by atoms with van der Waals surface area (Å²) >= 11 is 90.2. The Morgan fingerprint density at radius 3 is 0.435 bits per heavy atom. The zero-order valence-electron chi connectivity index (χ0n) is 62.8. The van der Waals surface area contributed by atoms with Gasteiger partial charge in [0.2, 0.25) is 157 Å². The maximum Gasteiger partial charge on any atom is 0.212 e. The van der Waals surface area contributed by atoms with Crippen molar-refractivity contribution in [2.45, 2.75) is 29.4 Å². The van der Waals surface area contributed by atoms with Crippen LogP contribution in [0.4, 0.5) is 158 Å². The average molecular weight is 2350 g/mol. The fourth-order valence-electron chi connectivity index (χ4n) is 10.3. The third-order valence-electron chi connectivity index (χ3n) is 16.8. The highest BCUT2D eigenvalue weighted by Gasteiger charge is 2.43. The van der Waals surface area contributed by atoms with Gasteiger partial charge in [-0.2, -0.15) is 43.9 Å². The Labute approximate surface area is 827 Å². The summed E-state index contributed by atoms with van der Waals surface area (Å²) in [6.07, 6.45) is 1.28. The molecule has 0 aromatic heterocycles. The molecule has 0 amide bonds. The van der Waals surface area contributed by atoms with Gasteiger partial charge < -0.3 is 28.4 Å². The van der Waals surface area contributed by atoms with Gasteiger partial charge in [0, 0.05) is 5.56 Å². The molecule has 732 valence electrons. The summed E-state index contributed by atoms with van der Waals surface area (Å²) in [5.74, 6) is -114. The van der Waals surface area contributed by atoms with Crippen molar-refractivity contribution < 1.29 is 186 Å². The molecule has 0 unspecified atom stereocenters. The van der Waals surface area contributed by atoms with E-state index in [0.29, 0.717) is 6.08 Å². The van der Waals surface area contributed by atoms with Crippen molar-refractivity contribution in [2.75, 3.05) is 0 Å². The lowest BCUT2D eigenvalue weighted by molar-refractivity contribution is 0.294. The lowest BCUT2D eigenvalue weighted by atomic mass is 10.1. The summed E-state index contributed by atoms with van der Waals surface area (Å²) in [6, 6.07) is 0. The van der Waals surface area contributed by atoms with Gasteiger partial charge in [0.25, 0.3) is 0 Å². The van der Waals surface area contributed by atoms with Crippen LogP contribution in [0.5, 0.6) is 69.0 Å². The first-order valence-electron chi connectivity index (χ1n) is 33.4. The molecular weight excluding hydrogens is 2340 g/mol. The minimum atomic E-state index is -2.88. The number of rotatable bonds is 21. The van der Waals surface area contributed by atoms with E-state index in [9.17, 15) is 132 Å². The van der Waals surface area contributed by atoms with Gasteiger partial charge in [0.1, 0.15) is 30.1 Å². The van der Waals surface area contributed by atoms with Gasteiger partial charge >= 0.3 is 0 Å². The third-order valence-corrected chi connectivity index (χ3v) is 27.0. The molecule has 0 saturated carbocycles. The van der Waals surface area contributed by atoms with Crippen molar-refractivity contribution in [3.8, 4) is 69.0 Å². The van der Waals surface area contributed by atoms with Crippen LogP contribution in [0.3, 0.4) is 0 Å². The van der Waals surface area contributed by atoms with E-state index in [1.54, 1.807) is 0 Å². The van der Waals surface area contributed by atoms with Crippen LogP contribution in [0.15, 0.2) is 49.1 Å². The van der Waals surface area contributed by atoms with Gasteiger partial charge in [0.05, 0.1) is 85.7 Å². The van der Waals surface area contributed by atoms with Crippen molar-refractivity contribution >= 4 is 228 Å². The Bertz CT molecular complexity index is 6090. The maximum absolute atomic E-state index is 16.4. The van der Waals surface area contributed by atoms with Crippen LogP contribution in [0, 0.1) is 209 Å². The fraction of sp³-hybridized carbons (Fsp3) is 0. The lowest BCUT2D eigenvalue weighted by Crippen LogP contribution is -2.10. The second-order valence-electron chi connectivity index (χ2n) is 24.7. The highest BCUT2D eigenvalue weighted by atomic mass is 35.5. The fourth-order valence-corrected chi connectivity index (χ4v) is 17.2. The molecule has 0 saturated heterocycles. The van der Waals surface area contributed by atoms with Gasteiger partial charge in [-0.05, 0) is 0 Å². The number of ether oxygens (including phenoxy) is 6. The summed E-state index contributed by atoms with van der Waals surface area (Å²) < 4.78 is 544. The molecule has 12 aromatic rings. The van der Waals surface area contributed by atoms with Gasteiger partial charge in [-0.15, -0.1) is 0 Å². The van der Waals surface area contributed by atoms with Crippen molar-refractivity contribution in [1.29, 1.82) is 0 Å². The summed E-state index contributed by atoms with van der Waals surface area (Å²) in [7, 11) is 0. The minimum Gasteiger partial charge on any atom is -0.450 e. The predicted molar refractivity (Wildman–Crippen MR) is 434 cm³/mol. The van der Waals surface area contributed by atoms with Crippen molar-refractivity contribution in [3.63, 3.8) is 0 Å². The van der Waals surface area contributed by atoms with Gasteiger partial charge in [-0.3, -0.25) is 0 Å². The molecule has 0 aliphatic heterocycles. The highest BCUT2D eigenvalue weighted by molar-refractivity contribution is 8.01. The third kappa shape index (κ3) is 19.8. The molecule has 0 atom stereocenters. The first-order valence-corrected chi connectivity index (χ1v) is 41.5. The van der Waals surface area contributed by atoms with Crippen molar-refractivity contribution in [1.82, 2.24) is 0 Å². The van der Waals surface area contributed by atoms with Gasteiger partial charge in [-0.1, -0.05) is 247 Å². The summed E-state index contributed by atoms with van der Waals surface area (Å²) in [4.78, 5) is -10.9. The van der Waals surface area contributed by atoms with Crippen molar-refractivity contribution in [2.24, 2.45) is 0 Å². The Kier molecular flexibility index (Phi) is 35.1. The molecule has 12 rings (SSSR count). The molecule has 6 nitrogen and oxygen atoms in total. The standard InChI is InChI=1S/C26H3Cl15F2O3.C26H3F17O3.C26H3F17S3/c3*1-2-3-21(44-23-13(36)7(30)4(27)8(31)14(23)37)19(42)26(46-25-17(40)11(34)6(29)12(35)18(25)41)20(43)22(3)45-24-15(38)9(32)5(28)10(33)16(24)39/h3*2H,1H2. The molecule has 138 heavy (non-hydrogen) atoms. The second-order valence-corrected chi connectivity index (χ2v) is 33.4. The SMILES string of the molecule is C=Cc1c(Oc2c(Cl)c(Cl)c(Cl)c(Cl)c2Cl)c(F)c(Oc2c(Cl)c(Cl)c(Cl)c(Cl)c2Cl)c(F)c1Oc1c(Cl)c(Cl)c(Cl)c(Cl)c1Cl.C=Cc1c(Oc2c(F)c(F)c(F)c(F)c2F)c(F)c(Oc2c(F)c(F)c(F)c(F)c2F)c(F)c1Oc1c(F)c(F)c(F)c(F)c1F.C=Cc1c(Sc2c(F)c(F)c(F)c(F)c2F)c(F)c(Sc2c(F)c(F)c(F)c(F)c2F)c(F)c1Sc1c(F)c(F)c(F)c(F)c1F. The van der Waals surface area contributed by atoms with E-state index >= 15 is 26.3 Å². The van der Waals surface area contributed by atoms with Crippen LogP contribution < -0.4 is 28.4 Å². The Balaban J connectivity index is 0.000000214. The Morgan fingerprint density at radius 1 is 0.130 bits per heavy atom. The van der Waals surface area contributed by atoms with Crippen LogP contribution in [0.1, 0.15) is 16.7 Å². The zero-order chi connectivity index (χ0) is 104. The molecule has 0 aliphatic carbocycles. The Hall–Kier alpha value is -8.46. The number of hydrogen-bond donors (Lipinski definition) is 0. The quantitative estimate of drug-likeness (QED) is 0.0398. The second kappa shape index (κ2) is 43.4. The number of halogens is 51. The first kappa shape index (κ1) is 112. The summed E-state index contributed by atoms with van der Waals surface area (Å²) in [5, 5.41) is -5.44. The van der Waals surface area contributed by atoms with E-state index in [4.69, 9.17) is 188 Å². The van der Waals surface area contributed by atoms with E-state index in [-0.39, 0.29) is 51.3 Å². The molecule has 0 heterocycles. The normalized spacial score (nSPS) is 11.3. The molecule has 0 fully saturated rings. The van der Waals surface area contributed by atoms with Crippen LogP contribution in [-0.4, -0.2) is 0 Å². The van der Waals surface area contributed by atoms with E-state index in [1.807, 2.05) is 0 Å². The molecule has 0 radical (unpaired) electrons. The van der Waals surface area contributed by atoms with Crippen molar-refractivity contribution in [3.05, 3.63) is 321 Å². The Morgan fingerprint density at radius 2 is 0.254 bits per heavy atom. The average Bonchev–Trinajstić information content (AvgIpc) is 0.749. The number of hydrogen-bond acceptors (Lipinski definition) is 9. The lowest BCUT2D eigenvalue weighted by Gasteiger charge is -2.22. The monoisotopic (exact) mass is 2350 g/mol. The predicted octanol–water partition coefficient (Wildman–Crippen LogP) is 39.0. The first-order chi connectivity index (χ1) is 64.1. The maximum atomic E-state index is 16.4. The van der Waals surface area contributed by atoms with Gasteiger partial charge in [0.15, 0.2) is 122 Å². The molecule has 12 aromatic carbocycles. The van der Waals surface area contributed by atoms with Crippen LogP contribution in [0.2, 0.25) is 75.3 Å². The van der Waals surface area contributed by atoms with Crippen LogP contribution >= 0.6 is 209 Å². The van der Waals surface area contributed by atoms with E-state index < -0.39 is 390 Å². The topological polar surface area (TPSA) is 55.4 Å². The molecule has 60 heteroatoms. The molecular formula is C78H9Cl15F36O6S3. The smallest absolute Gasteiger partial charge is 0.212 e. The minimum absolute atomic E-state index is 0.0527. The highest BCUT2D eigenvalue weighted by Crippen LogP contribution is 2.60. The molecule has 0 N–H and O–H groups in total. The van der Waals surface area contributed by atoms with Gasteiger partial charge in [-0.25, -0.2) is 114 Å². The number of benzene rings is 12. The molecule has 0 spiro atoms. The van der Waals surface area contributed by atoms with Crippen LogP contribution in [0.25, 0.3) is 18.2 Å². The summed E-state index contributed by atoms with van der Waals surface area (Å²) in [5.41, 5.74) is -3.46. The summed E-state index contributed by atoms with van der Waals surface area (Å²) in [6.45, 7) is 9.53. The largest absolute Gasteiger partial charge is 0.450 e. The molecule has 0 aliphatic rings. The van der Waals surface area contributed by atoms with E-state index in [1.165, 1.54) is 0 Å². The van der Waals surface area contributed by atoms with E-state index in [0.717, 1.165) is 6.08 Å².